The topological polar surface area (TPSA) is 34.0 Å². The molecule has 1 aliphatic heterocycles. The Hall–Kier alpha value is -2.57. The van der Waals surface area contributed by atoms with E-state index in [-0.39, 0.29) is 6.04 Å². The fourth-order valence-electron chi connectivity index (χ4n) is 3.20. The van der Waals surface area contributed by atoms with Crippen LogP contribution in [0.1, 0.15) is 17.4 Å². The van der Waals surface area contributed by atoms with Crippen LogP contribution in [0.3, 0.4) is 0 Å². The summed E-state index contributed by atoms with van der Waals surface area (Å²) >= 11 is 0. The molecule has 2 aromatic heterocycles. The highest BCUT2D eigenvalue weighted by molar-refractivity contribution is 5.76. The van der Waals surface area contributed by atoms with Crippen LogP contribution >= 0.6 is 0 Å². The minimum absolute atomic E-state index is 0.189. The third-order valence-corrected chi connectivity index (χ3v) is 4.40. The van der Waals surface area contributed by atoms with Crippen LogP contribution in [-0.2, 0) is 6.18 Å². The van der Waals surface area contributed by atoms with Gasteiger partial charge in [0.2, 0.25) is 0 Å². The molecule has 0 aliphatic carbocycles. The highest BCUT2D eigenvalue weighted by Gasteiger charge is 2.34. The number of anilines is 1. The molecule has 1 aliphatic rings. The number of aromatic nitrogens is 3. The second-order valence-electron chi connectivity index (χ2n) is 5.98. The molecule has 0 radical (unpaired) electrons. The largest absolute Gasteiger partial charge is 0.416 e. The Balaban J connectivity index is 1.57. The van der Waals surface area contributed by atoms with E-state index in [0.717, 1.165) is 29.0 Å². The van der Waals surface area contributed by atoms with Crippen molar-refractivity contribution >= 4 is 16.9 Å². The van der Waals surface area contributed by atoms with Crippen LogP contribution < -0.4 is 4.90 Å². The molecule has 3 aromatic rings. The van der Waals surface area contributed by atoms with E-state index in [2.05, 4.69) is 14.5 Å². The lowest BCUT2D eigenvalue weighted by Gasteiger charge is -2.41. The maximum Gasteiger partial charge on any atom is 0.416 e. The van der Waals surface area contributed by atoms with Gasteiger partial charge in [0.05, 0.1) is 22.6 Å². The highest BCUT2D eigenvalue weighted by atomic mass is 19.4. The lowest BCUT2D eigenvalue weighted by molar-refractivity contribution is -0.137. The molecule has 124 valence electrons. The lowest BCUT2D eigenvalue weighted by atomic mass is 10.1. The van der Waals surface area contributed by atoms with Crippen LogP contribution in [0.15, 0.2) is 42.6 Å². The summed E-state index contributed by atoms with van der Waals surface area (Å²) < 4.78 is 40.6. The van der Waals surface area contributed by atoms with E-state index in [1.54, 1.807) is 0 Å². The molecular formula is C17H15F3N4. The maximum atomic E-state index is 12.8. The van der Waals surface area contributed by atoms with Crippen molar-refractivity contribution in [2.24, 2.45) is 0 Å². The Morgan fingerprint density at radius 2 is 1.88 bits per heavy atom. The van der Waals surface area contributed by atoms with Crippen molar-refractivity contribution in [1.82, 2.24) is 14.5 Å². The van der Waals surface area contributed by atoms with Crippen LogP contribution in [0, 0.1) is 6.92 Å². The van der Waals surface area contributed by atoms with Gasteiger partial charge in [-0.2, -0.15) is 13.2 Å². The van der Waals surface area contributed by atoms with E-state index in [9.17, 15) is 13.2 Å². The summed E-state index contributed by atoms with van der Waals surface area (Å²) in [5, 5.41) is 0. The number of para-hydroxylation sites is 2. The molecule has 0 saturated carbocycles. The van der Waals surface area contributed by atoms with Crippen LogP contribution in [0.5, 0.6) is 0 Å². The van der Waals surface area contributed by atoms with Gasteiger partial charge in [-0.3, -0.25) is 0 Å². The molecule has 1 saturated heterocycles. The minimum Gasteiger partial charge on any atom is -0.352 e. The molecule has 0 bridgehead atoms. The third-order valence-electron chi connectivity index (χ3n) is 4.40. The maximum absolute atomic E-state index is 12.8. The van der Waals surface area contributed by atoms with Gasteiger partial charge in [0.25, 0.3) is 0 Å². The monoisotopic (exact) mass is 332 g/mol. The second-order valence-corrected chi connectivity index (χ2v) is 5.98. The number of benzene rings is 1. The number of rotatable bonds is 2. The summed E-state index contributed by atoms with van der Waals surface area (Å²) in [4.78, 5) is 10.5. The Kier molecular flexibility index (Phi) is 3.26. The summed E-state index contributed by atoms with van der Waals surface area (Å²) in [6, 6.07) is 10.2. The van der Waals surface area contributed by atoms with Crippen LogP contribution in [0.4, 0.5) is 19.0 Å². The zero-order valence-electron chi connectivity index (χ0n) is 13.0. The first-order valence-corrected chi connectivity index (χ1v) is 7.65. The molecule has 0 amide bonds. The summed E-state index contributed by atoms with van der Waals surface area (Å²) in [6.07, 6.45) is -3.14. The Bertz CT molecular complexity index is 894. The van der Waals surface area contributed by atoms with Gasteiger partial charge in [0.15, 0.2) is 0 Å². The molecule has 4 rings (SSSR count). The minimum atomic E-state index is -4.35. The number of imidazole rings is 1. The quantitative estimate of drug-likeness (QED) is 0.715. The van der Waals surface area contributed by atoms with Gasteiger partial charge in [0.1, 0.15) is 11.6 Å². The Morgan fingerprint density at radius 1 is 1.12 bits per heavy atom. The van der Waals surface area contributed by atoms with Crippen molar-refractivity contribution < 1.29 is 13.2 Å². The molecule has 7 heteroatoms. The average molecular weight is 332 g/mol. The van der Waals surface area contributed by atoms with Gasteiger partial charge in [-0.25, -0.2) is 9.97 Å². The SMILES string of the molecule is Cc1nc2ccccc2n1C1CN(c2cc(C(F)(F)F)ccn2)C1. The van der Waals surface area contributed by atoms with E-state index in [1.165, 1.54) is 6.20 Å². The van der Waals surface area contributed by atoms with Crippen molar-refractivity contribution in [2.75, 3.05) is 18.0 Å². The predicted molar refractivity (Wildman–Crippen MR) is 85.0 cm³/mol. The van der Waals surface area contributed by atoms with Crippen molar-refractivity contribution in [3.05, 3.63) is 54.0 Å². The van der Waals surface area contributed by atoms with Gasteiger partial charge in [-0.15, -0.1) is 0 Å². The van der Waals surface area contributed by atoms with E-state index >= 15 is 0 Å². The zero-order chi connectivity index (χ0) is 16.9. The summed E-state index contributed by atoms with van der Waals surface area (Å²) in [5.74, 6) is 1.28. The van der Waals surface area contributed by atoms with E-state index < -0.39 is 11.7 Å². The van der Waals surface area contributed by atoms with E-state index in [4.69, 9.17) is 0 Å². The summed E-state index contributed by atoms with van der Waals surface area (Å²) in [5.41, 5.74) is 1.32. The molecule has 24 heavy (non-hydrogen) atoms. The lowest BCUT2D eigenvalue weighted by Crippen LogP contribution is -2.48. The van der Waals surface area contributed by atoms with E-state index in [1.807, 2.05) is 36.1 Å². The number of fused-ring (bicyclic) bond motifs is 1. The fourth-order valence-corrected chi connectivity index (χ4v) is 3.20. The van der Waals surface area contributed by atoms with Crippen molar-refractivity contribution in [3.63, 3.8) is 0 Å². The third kappa shape index (κ3) is 2.40. The molecule has 4 nitrogen and oxygen atoms in total. The number of pyridine rings is 1. The van der Waals surface area contributed by atoms with Crippen LogP contribution in [-0.4, -0.2) is 27.6 Å². The highest BCUT2D eigenvalue weighted by Crippen LogP contribution is 2.34. The number of hydrogen-bond donors (Lipinski definition) is 0. The molecular weight excluding hydrogens is 317 g/mol. The van der Waals surface area contributed by atoms with Gasteiger partial charge in [-0.05, 0) is 31.2 Å². The van der Waals surface area contributed by atoms with Crippen molar-refractivity contribution in [1.29, 1.82) is 0 Å². The average Bonchev–Trinajstić information content (AvgIpc) is 2.82. The second kappa shape index (κ2) is 5.22. The first-order valence-electron chi connectivity index (χ1n) is 7.65. The number of hydrogen-bond acceptors (Lipinski definition) is 3. The molecule has 0 atom stereocenters. The van der Waals surface area contributed by atoms with Gasteiger partial charge in [-0.1, -0.05) is 12.1 Å². The fraction of sp³-hybridized carbons (Fsp3) is 0.294. The zero-order valence-corrected chi connectivity index (χ0v) is 13.0. The molecule has 3 heterocycles. The molecule has 0 N–H and O–H groups in total. The number of halogens is 3. The smallest absolute Gasteiger partial charge is 0.352 e. The molecule has 1 fully saturated rings. The number of alkyl halides is 3. The van der Waals surface area contributed by atoms with Crippen LogP contribution in [0.25, 0.3) is 11.0 Å². The molecule has 1 aromatic carbocycles. The van der Waals surface area contributed by atoms with Crippen LogP contribution in [0.2, 0.25) is 0 Å². The van der Waals surface area contributed by atoms with Crippen molar-refractivity contribution in [2.45, 2.75) is 19.1 Å². The normalized spacial score (nSPS) is 15.8. The Labute approximate surface area is 136 Å². The number of aryl methyl sites for hydroxylation is 1. The van der Waals surface area contributed by atoms with Crippen molar-refractivity contribution in [3.8, 4) is 0 Å². The first kappa shape index (κ1) is 15.0. The van der Waals surface area contributed by atoms with Gasteiger partial charge >= 0.3 is 6.18 Å². The Morgan fingerprint density at radius 3 is 2.62 bits per heavy atom. The first-order chi connectivity index (χ1) is 11.4. The summed E-state index contributed by atoms with van der Waals surface area (Å²) in [7, 11) is 0. The standard InChI is InChI=1S/C17H15F3N4/c1-11-22-14-4-2-3-5-15(14)24(11)13-9-23(10-13)16-8-12(6-7-21-16)17(18,19)20/h2-8,13H,9-10H2,1H3. The predicted octanol–water partition coefficient (Wildman–Crippen LogP) is 3.82. The molecule has 0 spiro atoms. The van der Waals surface area contributed by atoms with E-state index in [0.29, 0.717) is 18.9 Å². The van der Waals surface area contributed by atoms with Gasteiger partial charge < -0.3 is 9.47 Å². The van der Waals surface area contributed by atoms with Gasteiger partial charge in [0, 0.05) is 19.3 Å². The summed E-state index contributed by atoms with van der Waals surface area (Å²) in [6.45, 7) is 3.19. The molecule has 0 unspecified atom stereocenters. The number of nitrogens with zero attached hydrogens (tertiary/aromatic N) is 4.